The van der Waals surface area contributed by atoms with E-state index < -0.39 is 9.05 Å². The lowest BCUT2D eigenvalue weighted by molar-refractivity contribution is 0.117. The quantitative estimate of drug-likeness (QED) is 0.581. The van der Waals surface area contributed by atoms with Crippen LogP contribution in [0.3, 0.4) is 0 Å². The Kier molecular flexibility index (Phi) is 4.76. The zero-order valence-electron chi connectivity index (χ0n) is 9.31. The van der Waals surface area contributed by atoms with E-state index >= 15 is 0 Å². The van der Waals surface area contributed by atoms with Crippen LogP contribution in [0.15, 0.2) is 11.1 Å². The topological polar surface area (TPSA) is 61.2 Å². The zero-order valence-corrected chi connectivity index (χ0v) is 10.9. The van der Waals surface area contributed by atoms with Crippen molar-refractivity contribution < 1.29 is 13.2 Å². The van der Waals surface area contributed by atoms with Gasteiger partial charge in [-0.1, -0.05) is 6.92 Å². The van der Waals surface area contributed by atoms with Crippen molar-refractivity contribution in [2.75, 3.05) is 6.61 Å². The van der Waals surface area contributed by atoms with E-state index in [0.717, 1.165) is 6.42 Å². The van der Waals surface area contributed by atoms with Crippen LogP contribution in [0.4, 0.5) is 0 Å². The molecule has 0 radical (unpaired) electrons. The van der Waals surface area contributed by atoms with Gasteiger partial charge in [0, 0.05) is 30.0 Å². The molecule has 0 spiro atoms. The number of nitrogens with zero attached hydrogens (tertiary/aromatic N) is 2. The lowest BCUT2D eigenvalue weighted by atomic mass is 10.4. The summed E-state index contributed by atoms with van der Waals surface area (Å²) in [6.45, 7) is 5.17. The predicted molar refractivity (Wildman–Crippen MR) is 60.9 cm³/mol. The van der Waals surface area contributed by atoms with Gasteiger partial charge in [0.15, 0.2) is 0 Å². The molecule has 0 atom stereocenters. The highest BCUT2D eigenvalue weighted by molar-refractivity contribution is 8.13. The average Bonchev–Trinajstić information content (AvgIpc) is 2.61. The van der Waals surface area contributed by atoms with Crippen molar-refractivity contribution in [3.8, 4) is 0 Å². The van der Waals surface area contributed by atoms with Crippen molar-refractivity contribution in [1.82, 2.24) is 9.78 Å². The summed E-state index contributed by atoms with van der Waals surface area (Å²) in [5, 5.41) is 4.10. The molecule has 0 aliphatic heterocycles. The molecule has 1 rings (SSSR count). The molecule has 0 fully saturated rings. The molecular weight excluding hydrogens is 252 g/mol. The monoisotopic (exact) mass is 266 g/mol. The van der Waals surface area contributed by atoms with E-state index in [9.17, 15) is 8.42 Å². The Morgan fingerprint density at radius 3 is 2.69 bits per heavy atom. The van der Waals surface area contributed by atoms with E-state index in [1.165, 1.54) is 10.9 Å². The summed E-state index contributed by atoms with van der Waals surface area (Å²) in [6, 6.07) is 0. The van der Waals surface area contributed by atoms with Crippen LogP contribution in [0.1, 0.15) is 26.0 Å². The molecule has 1 aromatic rings. The molecule has 0 aliphatic rings. The number of ether oxygens (including phenoxy) is 1. The Hall–Kier alpha value is -0.590. The van der Waals surface area contributed by atoms with Crippen LogP contribution < -0.4 is 0 Å². The highest BCUT2D eigenvalue weighted by atomic mass is 35.7. The minimum Gasteiger partial charge on any atom is -0.375 e. The van der Waals surface area contributed by atoms with Crippen LogP contribution in [0.2, 0.25) is 0 Å². The Morgan fingerprint density at radius 2 is 2.19 bits per heavy atom. The van der Waals surface area contributed by atoms with Gasteiger partial charge in [-0.3, -0.25) is 4.68 Å². The third-order valence-electron chi connectivity index (χ3n) is 1.97. The minimum atomic E-state index is -3.75. The van der Waals surface area contributed by atoms with Crippen molar-refractivity contribution in [2.24, 2.45) is 0 Å². The molecular formula is C9H15ClN2O3S. The van der Waals surface area contributed by atoms with Gasteiger partial charge in [-0.2, -0.15) is 5.10 Å². The summed E-state index contributed by atoms with van der Waals surface area (Å²) < 4.78 is 29.3. The Labute approximate surface area is 99.8 Å². The number of hydrogen-bond acceptors (Lipinski definition) is 4. The maximum atomic E-state index is 11.3. The molecule has 0 bridgehead atoms. The van der Waals surface area contributed by atoms with Gasteiger partial charge in [0.2, 0.25) is 0 Å². The fourth-order valence-electron chi connectivity index (χ4n) is 1.22. The van der Waals surface area contributed by atoms with Crippen LogP contribution >= 0.6 is 10.7 Å². The van der Waals surface area contributed by atoms with E-state index in [4.69, 9.17) is 15.4 Å². The molecule has 0 N–H and O–H groups in total. The molecule has 0 amide bonds. The third-order valence-corrected chi connectivity index (χ3v) is 3.34. The molecule has 0 saturated carbocycles. The Morgan fingerprint density at radius 1 is 1.50 bits per heavy atom. The summed E-state index contributed by atoms with van der Waals surface area (Å²) in [4.78, 5) is 0.0344. The summed E-state index contributed by atoms with van der Waals surface area (Å²) in [5.74, 6) is 0. The summed E-state index contributed by atoms with van der Waals surface area (Å²) >= 11 is 0. The van der Waals surface area contributed by atoms with Crippen molar-refractivity contribution in [3.63, 3.8) is 0 Å². The highest BCUT2D eigenvalue weighted by Crippen LogP contribution is 2.19. The Bertz CT molecular complexity index is 442. The molecule has 16 heavy (non-hydrogen) atoms. The maximum Gasteiger partial charge on any atom is 0.264 e. The van der Waals surface area contributed by atoms with Gasteiger partial charge in [0.1, 0.15) is 10.6 Å². The van der Waals surface area contributed by atoms with Gasteiger partial charge in [-0.25, -0.2) is 8.42 Å². The van der Waals surface area contributed by atoms with E-state index in [2.05, 4.69) is 5.10 Å². The summed E-state index contributed by atoms with van der Waals surface area (Å²) in [6.07, 6.45) is 2.30. The van der Waals surface area contributed by atoms with Crippen molar-refractivity contribution in [2.45, 2.75) is 38.3 Å². The maximum absolute atomic E-state index is 11.3. The first kappa shape index (κ1) is 13.5. The second-order valence-electron chi connectivity index (χ2n) is 3.29. The smallest absolute Gasteiger partial charge is 0.264 e. The Balaban J connectivity index is 2.93. The zero-order chi connectivity index (χ0) is 12.2. The molecule has 1 aromatic heterocycles. The van der Waals surface area contributed by atoms with Gasteiger partial charge in [0.25, 0.3) is 9.05 Å². The van der Waals surface area contributed by atoms with Crippen molar-refractivity contribution >= 4 is 19.7 Å². The fourth-order valence-corrected chi connectivity index (χ4v) is 2.24. The van der Waals surface area contributed by atoms with E-state index in [0.29, 0.717) is 18.8 Å². The van der Waals surface area contributed by atoms with Gasteiger partial charge >= 0.3 is 0 Å². The van der Waals surface area contributed by atoms with Crippen LogP contribution in [-0.2, 0) is 26.9 Å². The average molecular weight is 267 g/mol. The molecule has 7 heteroatoms. The van der Waals surface area contributed by atoms with E-state index in [1.54, 1.807) is 0 Å². The number of rotatable bonds is 6. The first-order chi connectivity index (χ1) is 7.49. The first-order valence-electron chi connectivity index (χ1n) is 5.07. The first-order valence-corrected chi connectivity index (χ1v) is 7.38. The molecule has 0 saturated heterocycles. The number of halogens is 1. The fraction of sp³-hybridized carbons (Fsp3) is 0.667. The lowest BCUT2D eigenvalue weighted by Crippen LogP contribution is -2.01. The second kappa shape index (κ2) is 5.65. The van der Waals surface area contributed by atoms with Crippen LogP contribution in [-0.4, -0.2) is 24.8 Å². The largest absolute Gasteiger partial charge is 0.375 e. The number of hydrogen-bond donors (Lipinski definition) is 0. The SMILES string of the molecule is CCCOCc1nn(CC)cc1S(=O)(=O)Cl. The standard InChI is InChI=1S/C9H15ClN2O3S/c1-3-5-15-7-8-9(16(10,13)14)6-12(4-2)11-8/h6H,3-5,7H2,1-2H3. The lowest BCUT2D eigenvalue weighted by Gasteiger charge is -2.00. The van der Waals surface area contributed by atoms with Gasteiger partial charge < -0.3 is 4.74 Å². The third kappa shape index (κ3) is 3.47. The molecule has 1 heterocycles. The van der Waals surface area contributed by atoms with Crippen molar-refractivity contribution in [3.05, 3.63) is 11.9 Å². The molecule has 0 unspecified atom stereocenters. The number of aryl methyl sites for hydroxylation is 1. The summed E-state index contributed by atoms with van der Waals surface area (Å²) in [7, 11) is 1.56. The van der Waals surface area contributed by atoms with E-state index in [1.807, 2.05) is 13.8 Å². The van der Waals surface area contributed by atoms with E-state index in [-0.39, 0.29) is 11.5 Å². The second-order valence-corrected chi connectivity index (χ2v) is 5.82. The highest BCUT2D eigenvalue weighted by Gasteiger charge is 2.19. The van der Waals surface area contributed by atoms with Gasteiger partial charge in [-0.15, -0.1) is 0 Å². The number of aromatic nitrogens is 2. The molecule has 92 valence electrons. The molecule has 5 nitrogen and oxygen atoms in total. The minimum absolute atomic E-state index is 0.0344. The van der Waals surface area contributed by atoms with Crippen LogP contribution in [0, 0.1) is 0 Å². The van der Waals surface area contributed by atoms with Crippen molar-refractivity contribution in [1.29, 1.82) is 0 Å². The predicted octanol–water partition coefficient (Wildman–Crippen LogP) is 1.76. The normalized spacial score (nSPS) is 11.9. The van der Waals surface area contributed by atoms with Crippen LogP contribution in [0.5, 0.6) is 0 Å². The molecule has 0 aliphatic carbocycles. The summed E-state index contributed by atoms with van der Waals surface area (Å²) in [5.41, 5.74) is 0.366. The van der Waals surface area contributed by atoms with Gasteiger partial charge in [-0.05, 0) is 13.3 Å². The molecule has 0 aromatic carbocycles. The van der Waals surface area contributed by atoms with Gasteiger partial charge in [0.05, 0.1) is 6.61 Å². The van der Waals surface area contributed by atoms with Crippen LogP contribution in [0.25, 0.3) is 0 Å².